The van der Waals surface area contributed by atoms with Crippen LogP contribution in [0.1, 0.15) is 0 Å². The summed E-state index contributed by atoms with van der Waals surface area (Å²) in [6, 6.07) is 6.01. The summed E-state index contributed by atoms with van der Waals surface area (Å²) in [5.74, 6) is 0. The van der Waals surface area contributed by atoms with Crippen molar-refractivity contribution in [2.24, 2.45) is 0 Å². The van der Waals surface area contributed by atoms with Gasteiger partial charge in [0.1, 0.15) is 0 Å². The van der Waals surface area contributed by atoms with Crippen LogP contribution in [0.15, 0.2) is 30.6 Å². The molecular formula is C7H6N2S. The van der Waals surface area contributed by atoms with Crippen molar-refractivity contribution in [3.05, 3.63) is 30.6 Å². The van der Waals surface area contributed by atoms with Crippen LogP contribution in [0.25, 0.3) is 10.6 Å². The highest BCUT2D eigenvalue weighted by molar-refractivity contribution is 7.09. The first kappa shape index (κ1) is 5.68. The summed E-state index contributed by atoms with van der Waals surface area (Å²) in [6.45, 7) is 0. The molecule has 2 aromatic heterocycles. The molecule has 2 heterocycles. The van der Waals surface area contributed by atoms with Crippen LogP contribution in [0.2, 0.25) is 0 Å². The van der Waals surface area contributed by atoms with Crippen LogP contribution in [0.3, 0.4) is 0 Å². The van der Waals surface area contributed by atoms with Gasteiger partial charge in [0.15, 0.2) is 0 Å². The number of rotatable bonds is 1. The number of nitrogens with one attached hydrogen (secondary N) is 1. The molecule has 0 atom stereocenters. The molecule has 0 bridgehead atoms. The van der Waals surface area contributed by atoms with Crippen molar-refractivity contribution in [1.29, 1.82) is 0 Å². The first-order chi connectivity index (χ1) is 4.97. The third kappa shape index (κ3) is 0.844. The van der Waals surface area contributed by atoms with Gasteiger partial charge < -0.3 is 4.98 Å². The quantitative estimate of drug-likeness (QED) is 0.662. The molecule has 3 heteroatoms. The van der Waals surface area contributed by atoms with Crippen molar-refractivity contribution < 1.29 is 0 Å². The van der Waals surface area contributed by atoms with E-state index in [9.17, 15) is 0 Å². The molecule has 0 aromatic carbocycles. The van der Waals surface area contributed by atoms with E-state index in [2.05, 4.69) is 9.36 Å². The van der Waals surface area contributed by atoms with Gasteiger partial charge in [-0.3, -0.25) is 0 Å². The van der Waals surface area contributed by atoms with Gasteiger partial charge in [0, 0.05) is 12.4 Å². The van der Waals surface area contributed by atoms with E-state index in [4.69, 9.17) is 0 Å². The zero-order valence-corrected chi connectivity index (χ0v) is 6.06. The molecule has 0 fully saturated rings. The lowest BCUT2D eigenvalue weighted by Gasteiger charge is -1.85. The van der Waals surface area contributed by atoms with Gasteiger partial charge in [-0.25, -0.2) is 4.37 Å². The monoisotopic (exact) mass is 150 g/mol. The van der Waals surface area contributed by atoms with Gasteiger partial charge in [-0.1, -0.05) is 0 Å². The summed E-state index contributed by atoms with van der Waals surface area (Å²) in [7, 11) is 0. The standard InChI is InChI=1S/C7H6N2S/c1-2-6(8-4-1)7-3-5-9-10-7/h1-5,8H. The van der Waals surface area contributed by atoms with Crippen molar-refractivity contribution in [2.45, 2.75) is 0 Å². The first-order valence-corrected chi connectivity index (χ1v) is 3.78. The zero-order valence-electron chi connectivity index (χ0n) is 5.24. The Bertz CT molecular complexity index is 251. The molecule has 0 saturated carbocycles. The van der Waals surface area contributed by atoms with Crippen molar-refractivity contribution in [3.63, 3.8) is 0 Å². The Labute approximate surface area is 62.7 Å². The molecule has 10 heavy (non-hydrogen) atoms. The molecule has 2 rings (SSSR count). The van der Waals surface area contributed by atoms with Gasteiger partial charge >= 0.3 is 0 Å². The largest absolute Gasteiger partial charge is 0.360 e. The molecule has 0 aliphatic heterocycles. The molecule has 0 unspecified atom stereocenters. The van der Waals surface area contributed by atoms with Crippen molar-refractivity contribution >= 4 is 11.5 Å². The van der Waals surface area contributed by atoms with E-state index in [1.54, 1.807) is 6.20 Å². The maximum absolute atomic E-state index is 4.00. The first-order valence-electron chi connectivity index (χ1n) is 3.01. The fourth-order valence-corrected chi connectivity index (χ4v) is 1.42. The Hall–Kier alpha value is -1.09. The molecule has 2 nitrogen and oxygen atoms in total. The van der Waals surface area contributed by atoms with Crippen LogP contribution < -0.4 is 0 Å². The Morgan fingerprint density at radius 2 is 2.40 bits per heavy atom. The highest BCUT2D eigenvalue weighted by Crippen LogP contribution is 2.19. The highest BCUT2D eigenvalue weighted by Gasteiger charge is 1.96. The van der Waals surface area contributed by atoms with E-state index in [0.717, 1.165) is 5.69 Å². The minimum absolute atomic E-state index is 1.14. The van der Waals surface area contributed by atoms with Gasteiger partial charge in [0.2, 0.25) is 0 Å². The Morgan fingerprint density at radius 3 is 3.00 bits per heavy atom. The topological polar surface area (TPSA) is 28.7 Å². The smallest absolute Gasteiger partial charge is 0.0712 e. The number of hydrogen-bond acceptors (Lipinski definition) is 2. The molecule has 0 aliphatic carbocycles. The van der Waals surface area contributed by atoms with E-state index in [-0.39, 0.29) is 0 Å². The maximum atomic E-state index is 4.00. The van der Waals surface area contributed by atoms with Crippen LogP contribution >= 0.6 is 11.5 Å². The van der Waals surface area contributed by atoms with Crippen LogP contribution in [-0.2, 0) is 0 Å². The second-order valence-electron chi connectivity index (χ2n) is 1.96. The fraction of sp³-hybridized carbons (Fsp3) is 0. The number of H-pyrrole nitrogens is 1. The minimum atomic E-state index is 1.14. The second-order valence-corrected chi connectivity index (χ2v) is 2.79. The van der Waals surface area contributed by atoms with Crippen LogP contribution in [0.4, 0.5) is 0 Å². The summed E-state index contributed by atoms with van der Waals surface area (Å²) in [5.41, 5.74) is 1.14. The van der Waals surface area contributed by atoms with E-state index in [1.807, 2.05) is 24.4 Å². The lowest BCUT2D eigenvalue weighted by molar-refractivity contribution is 1.42. The predicted molar refractivity (Wildman–Crippen MR) is 41.9 cm³/mol. The average molecular weight is 150 g/mol. The molecule has 0 spiro atoms. The maximum Gasteiger partial charge on any atom is 0.0712 e. The summed E-state index contributed by atoms with van der Waals surface area (Å²) < 4.78 is 4.00. The highest BCUT2D eigenvalue weighted by atomic mass is 32.1. The normalized spacial score (nSPS) is 10.0. The fourth-order valence-electron chi connectivity index (χ4n) is 0.838. The molecule has 2 aromatic rings. The Morgan fingerprint density at radius 1 is 1.40 bits per heavy atom. The predicted octanol–water partition coefficient (Wildman–Crippen LogP) is 2.14. The average Bonchev–Trinajstić information content (AvgIpc) is 2.59. The van der Waals surface area contributed by atoms with Crippen molar-refractivity contribution in [2.75, 3.05) is 0 Å². The number of hydrogen-bond donors (Lipinski definition) is 1. The van der Waals surface area contributed by atoms with Gasteiger partial charge in [-0.2, -0.15) is 0 Å². The van der Waals surface area contributed by atoms with E-state index in [0.29, 0.717) is 0 Å². The number of aromatic amines is 1. The molecule has 50 valence electrons. The SMILES string of the molecule is c1c[nH]c(-c2ccns2)c1. The van der Waals surface area contributed by atoms with E-state index >= 15 is 0 Å². The molecular weight excluding hydrogens is 144 g/mol. The summed E-state index contributed by atoms with van der Waals surface area (Å²) >= 11 is 1.50. The molecule has 0 aliphatic rings. The van der Waals surface area contributed by atoms with Gasteiger partial charge in [0.25, 0.3) is 0 Å². The summed E-state index contributed by atoms with van der Waals surface area (Å²) in [4.78, 5) is 4.30. The van der Waals surface area contributed by atoms with Crippen LogP contribution in [-0.4, -0.2) is 9.36 Å². The van der Waals surface area contributed by atoms with Gasteiger partial charge in [-0.15, -0.1) is 0 Å². The summed E-state index contributed by atoms with van der Waals surface area (Å²) in [5, 5.41) is 0. The number of aromatic nitrogens is 2. The lowest BCUT2D eigenvalue weighted by Crippen LogP contribution is -1.65. The third-order valence-electron chi connectivity index (χ3n) is 1.30. The number of nitrogens with zero attached hydrogens (tertiary/aromatic N) is 1. The van der Waals surface area contributed by atoms with Crippen LogP contribution in [0.5, 0.6) is 0 Å². The molecule has 0 radical (unpaired) electrons. The molecule has 1 N–H and O–H groups in total. The van der Waals surface area contributed by atoms with Crippen LogP contribution in [0, 0.1) is 0 Å². The second kappa shape index (κ2) is 2.27. The van der Waals surface area contributed by atoms with Gasteiger partial charge in [0.05, 0.1) is 10.6 Å². The van der Waals surface area contributed by atoms with Crippen molar-refractivity contribution in [3.8, 4) is 10.6 Å². The minimum Gasteiger partial charge on any atom is -0.360 e. The summed E-state index contributed by atoms with van der Waals surface area (Å²) in [6.07, 6.45) is 3.72. The lowest BCUT2D eigenvalue weighted by atomic mass is 10.4. The molecule has 0 amide bonds. The van der Waals surface area contributed by atoms with E-state index < -0.39 is 0 Å². The van der Waals surface area contributed by atoms with Crippen molar-refractivity contribution in [1.82, 2.24) is 9.36 Å². The third-order valence-corrected chi connectivity index (χ3v) is 2.08. The van der Waals surface area contributed by atoms with E-state index in [1.165, 1.54) is 16.4 Å². The molecule has 0 saturated heterocycles. The Kier molecular flexibility index (Phi) is 1.29. The van der Waals surface area contributed by atoms with Gasteiger partial charge in [-0.05, 0) is 29.7 Å². The zero-order chi connectivity index (χ0) is 6.81. The Balaban J connectivity index is 2.48.